The summed E-state index contributed by atoms with van der Waals surface area (Å²) in [6, 6.07) is 8.06. The zero-order chi connectivity index (χ0) is 17.8. The van der Waals surface area contributed by atoms with Crippen molar-refractivity contribution >= 4 is 55.5 Å². The van der Waals surface area contributed by atoms with Crippen LogP contribution in [0.1, 0.15) is 16.6 Å². The third kappa shape index (κ3) is 2.35. The lowest BCUT2D eigenvalue weighted by Crippen LogP contribution is -2.34. The van der Waals surface area contributed by atoms with E-state index in [9.17, 15) is 4.79 Å². The molecule has 0 spiro atoms. The molecule has 26 heavy (non-hydrogen) atoms. The van der Waals surface area contributed by atoms with Crippen molar-refractivity contribution in [3.63, 3.8) is 0 Å². The van der Waals surface area contributed by atoms with Gasteiger partial charge in [0, 0.05) is 28.1 Å². The van der Waals surface area contributed by atoms with Gasteiger partial charge in [0.15, 0.2) is 0 Å². The highest BCUT2D eigenvalue weighted by molar-refractivity contribution is 7.21. The first-order valence-corrected chi connectivity index (χ1v) is 9.41. The molecule has 6 nitrogen and oxygen atoms in total. The first-order chi connectivity index (χ1) is 12.6. The number of halogens is 1. The van der Waals surface area contributed by atoms with Crippen LogP contribution < -0.4 is 10.6 Å². The number of carbonyl (C=O) groups excluding carboxylic acids is 1. The summed E-state index contributed by atoms with van der Waals surface area (Å²) in [5.41, 5.74) is 3.31. The molecule has 3 aromatic heterocycles. The van der Waals surface area contributed by atoms with Crippen LogP contribution in [-0.2, 0) is 0 Å². The quantitative estimate of drug-likeness (QED) is 0.463. The van der Waals surface area contributed by atoms with Gasteiger partial charge in [0.05, 0.1) is 28.8 Å². The van der Waals surface area contributed by atoms with Gasteiger partial charge in [0.25, 0.3) is 5.91 Å². The largest absolute Gasteiger partial charge is 0.381 e. The third-order valence-corrected chi connectivity index (χ3v) is 5.86. The molecule has 1 aliphatic rings. The van der Waals surface area contributed by atoms with Crippen molar-refractivity contribution in [1.82, 2.24) is 20.3 Å². The Hall–Kier alpha value is -2.64. The minimum atomic E-state index is -0.0245. The molecule has 1 amide bonds. The summed E-state index contributed by atoms with van der Waals surface area (Å²) in [4.78, 5) is 24.9. The molecular formula is C18H14ClN5OS. The molecule has 0 unspecified atom stereocenters. The first-order valence-electron chi connectivity index (χ1n) is 8.22. The van der Waals surface area contributed by atoms with Crippen molar-refractivity contribution in [2.75, 3.05) is 11.9 Å². The average Bonchev–Trinajstić information content (AvgIpc) is 3.19. The van der Waals surface area contributed by atoms with Crippen LogP contribution in [0.2, 0.25) is 5.28 Å². The van der Waals surface area contributed by atoms with Crippen molar-refractivity contribution in [2.45, 2.75) is 13.0 Å². The molecule has 0 saturated heterocycles. The fourth-order valence-electron chi connectivity index (χ4n) is 3.30. The van der Waals surface area contributed by atoms with E-state index in [-0.39, 0.29) is 11.9 Å². The minimum Gasteiger partial charge on any atom is -0.381 e. The number of benzene rings is 1. The second-order valence-electron chi connectivity index (χ2n) is 6.35. The van der Waals surface area contributed by atoms with Crippen LogP contribution >= 0.6 is 22.9 Å². The highest BCUT2D eigenvalue weighted by atomic mass is 35.5. The summed E-state index contributed by atoms with van der Waals surface area (Å²) in [7, 11) is 0. The number of H-pyrrole nitrogens is 1. The van der Waals surface area contributed by atoms with Crippen LogP contribution in [0.15, 0.2) is 30.5 Å². The molecule has 0 aliphatic carbocycles. The van der Waals surface area contributed by atoms with Crippen molar-refractivity contribution < 1.29 is 4.79 Å². The normalized spacial score (nSPS) is 17.0. The summed E-state index contributed by atoms with van der Waals surface area (Å²) in [6.07, 6.45) is 1.67. The molecule has 130 valence electrons. The van der Waals surface area contributed by atoms with E-state index in [1.165, 1.54) is 11.3 Å². The van der Waals surface area contributed by atoms with Gasteiger partial charge in [-0.25, -0.2) is 9.97 Å². The maximum absolute atomic E-state index is 12.5. The average molecular weight is 384 g/mol. The van der Waals surface area contributed by atoms with Gasteiger partial charge < -0.3 is 15.6 Å². The summed E-state index contributed by atoms with van der Waals surface area (Å²) in [6.45, 7) is 2.68. The van der Waals surface area contributed by atoms with Gasteiger partial charge >= 0.3 is 0 Å². The molecule has 1 aromatic carbocycles. The van der Waals surface area contributed by atoms with Gasteiger partial charge in [-0.2, -0.15) is 0 Å². The van der Waals surface area contributed by atoms with E-state index in [0.717, 1.165) is 42.9 Å². The molecule has 8 heteroatoms. The SMILES string of the molecule is C[C@@H]1CNc2c(sc3ccc4nc(-c5cnc(Cl)[nH]5)ccc4c23)C(=O)N1. The number of aromatic amines is 1. The highest BCUT2D eigenvalue weighted by Crippen LogP contribution is 2.41. The van der Waals surface area contributed by atoms with Gasteiger partial charge in [0.1, 0.15) is 4.88 Å². The zero-order valence-electron chi connectivity index (χ0n) is 13.8. The highest BCUT2D eigenvalue weighted by Gasteiger charge is 2.24. The summed E-state index contributed by atoms with van der Waals surface area (Å²) < 4.78 is 1.07. The lowest BCUT2D eigenvalue weighted by Gasteiger charge is -2.10. The fraction of sp³-hybridized carbons (Fsp3) is 0.167. The van der Waals surface area contributed by atoms with Crippen molar-refractivity contribution in [3.05, 3.63) is 40.6 Å². The molecule has 1 atom stereocenters. The number of hydrogen-bond donors (Lipinski definition) is 3. The Morgan fingerprint density at radius 3 is 2.96 bits per heavy atom. The van der Waals surface area contributed by atoms with E-state index >= 15 is 0 Å². The number of fused-ring (bicyclic) bond motifs is 5. The number of aromatic nitrogens is 3. The lowest BCUT2D eigenvalue weighted by atomic mass is 10.1. The Balaban J connectivity index is 1.74. The number of nitrogens with one attached hydrogen (secondary N) is 3. The standard InChI is InChI=1S/C18H14ClN5OS/c1-8-6-20-15-14-9-2-3-11(12-7-21-18(19)24-12)23-10(9)4-5-13(14)26-16(15)17(25)22-8/h2-5,7-8,20H,6H2,1H3,(H,21,24)(H,22,25)/t8-/m1/s1. The maximum Gasteiger partial charge on any atom is 0.263 e. The Labute approximate surface area is 157 Å². The fourth-order valence-corrected chi connectivity index (χ4v) is 4.55. The second kappa shape index (κ2) is 5.69. The van der Waals surface area contributed by atoms with E-state index in [4.69, 9.17) is 16.6 Å². The van der Waals surface area contributed by atoms with Crippen LogP contribution in [-0.4, -0.2) is 33.4 Å². The number of anilines is 1. The zero-order valence-corrected chi connectivity index (χ0v) is 15.3. The Morgan fingerprint density at radius 1 is 1.27 bits per heavy atom. The monoisotopic (exact) mass is 383 g/mol. The van der Waals surface area contributed by atoms with Crippen LogP contribution in [0.25, 0.3) is 32.4 Å². The number of imidazole rings is 1. The van der Waals surface area contributed by atoms with Gasteiger partial charge in [-0.1, -0.05) is 0 Å². The van der Waals surface area contributed by atoms with E-state index in [0.29, 0.717) is 11.8 Å². The van der Waals surface area contributed by atoms with E-state index < -0.39 is 0 Å². The predicted octanol–water partition coefficient (Wildman–Crippen LogP) is 4.04. The number of nitrogens with zero attached hydrogens (tertiary/aromatic N) is 2. The smallest absolute Gasteiger partial charge is 0.263 e. The number of carbonyl (C=O) groups is 1. The molecular weight excluding hydrogens is 370 g/mol. The van der Waals surface area contributed by atoms with Crippen LogP contribution in [0.4, 0.5) is 5.69 Å². The number of thiophene rings is 1. The van der Waals surface area contributed by atoms with Crippen molar-refractivity contribution in [1.29, 1.82) is 0 Å². The Bertz CT molecular complexity index is 1180. The van der Waals surface area contributed by atoms with E-state index in [2.05, 4.69) is 20.6 Å². The minimum absolute atomic E-state index is 0.0245. The van der Waals surface area contributed by atoms with E-state index in [1.54, 1.807) is 6.20 Å². The van der Waals surface area contributed by atoms with Crippen LogP contribution in [0.5, 0.6) is 0 Å². The van der Waals surface area contributed by atoms with Gasteiger partial charge in [-0.05, 0) is 42.8 Å². The summed E-state index contributed by atoms with van der Waals surface area (Å²) in [5, 5.41) is 8.85. The predicted molar refractivity (Wildman–Crippen MR) is 105 cm³/mol. The maximum atomic E-state index is 12.5. The number of rotatable bonds is 1. The molecule has 3 N–H and O–H groups in total. The lowest BCUT2D eigenvalue weighted by molar-refractivity contribution is 0.0949. The molecule has 0 saturated carbocycles. The molecule has 0 radical (unpaired) electrons. The first kappa shape index (κ1) is 15.6. The number of amides is 1. The molecule has 4 heterocycles. The molecule has 5 rings (SSSR count). The number of pyridine rings is 1. The Morgan fingerprint density at radius 2 is 2.15 bits per heavy atom. The van der Waals surface area contributed by atoms with Crippen molar-refractivity contribution in [2.24, 2.45) is 0 Å². The second-order valence-corrected chi connectivity index (χ2v) is 7.76. The van der Waals surface area contributed by atoms with Gasteiger partial charge in [0.2, 0.25) is 5.28 Å². The van der Waals surface area contributed by atoms with Gasteiger partial charge in [-0.3, -0.25) is 4.79 Å². The van der Waals surface area contributed by atoms with Crippen LogP contribution in [0, 0.1) is 0 Å². The van der Waals surface area contributed by atoms with E-state index in [1.807, 2.05) is 31.2 Å². The topological polar surface area (TPSA) is 82.7 Å². The number of hydrogen-bond acceptors (Lipinski definition) is 5. The molecule has 1 aliphatic heterocycles. The summed E-state index contributed by atoms with van der Waals surface area (Å²) >= 11 is 7.38. The molecule has 4 aromatic rings. The molecule has 0 fully saturated rings. The van der Waals surface area contributed by atoms with Crippen molar-refractivity contribution in [3.8, 4) is 11.4 Å². The summed E-state index contributed by atoms with van der Waals surface area (Å²) in [5.74, 6) is -0.0245. The molecule has 0 bridgehead atoms. The Kier molecular flexibility index (Phi) is 3.41. The van der Waals surface area contributed by atoms with Gasteiger partial charge in [-0.15, -0.1) is 11.3 Å². The van der Waals surface area contributed by atoms with Crippen LogP contribution in [0.3, 0.4) is 0 Å². The third-order valence-electron chi connectivity index (χ3n) is 4.51.